The number of benzene rings is 3. The summed E-state index contributed by atoms with van der Waals surface area (Å²) in [6.07, 6.45) is 4.31. The molecular weight excluding hydrogens is 464 g/mol. The van der Waals surface area contributed by atoms with Gasteiger partial charge in [0.15, 0.2) is 11.5 Å². The minimum Gasteiger partial charge on any atom is -0.493 e. The second-order valence-electron chi connectivity index (χ2n) is 8.35. The number of fused-ring (bicyclic) bond motifs is 2. The Hall–Kier alpha value is -3.84. The average Bonchev–Trinajstić information content (AvgIpc) is 2.90. The van der Waals surface area contributed by atoms with Gasteiger partial charge in [0, 0.05) is 58.9 Å². The molecule has 1 aliphatic heterocycles. The van der Waals surface area contributed by atoms with E-state index in [9.17, 15) is 4.79 Å². The number of carbonyl (C=O) groups is 1. The van der Waals surface area contributed by atoms with Gasteiger partial charge in [0.25, 0.3) is 0 Å². The van der Waals surface area contributed by atoms with Gasteiger partial charge in [-0.3, -0.25) is 4.79 Å². The van der Waals surface area contributed by atoms with Gasteiger partial charge in [0.2, 0.25) is 5.91 Å². The van der Waals surface area contributed by atoms with Crippen molar-refractivity contribution in [3.8, 4) is 11.5 Å². The first-order valence-corrected chi connectivity index (χ1v) is 11.8. The second-order valence-corrected chi connectivity index (χ2v) is 8.76. The van der Waals surface area contributed by atoms with Crippen LogP contribution in [0, 0.1) is 0 Å². The van der Waals surface area contributed by atoms with Crippen LogP contribution in [0.4, 0.5) is 11.5 Å². The van der Waals surface area contributed by atoms with Crippen LogP contribution in [0.5, 0.6) is 11.5 Å². The highest BCUT2D eigenvalue weighted by Crippen LogP contribution is 2.37. The van der Waals surface area contributed by atoms with Gasteiger partial charge in [0.1, 0.15) is 18.2 Å². The maximum absolute atomic E-state index is 11.9. The third-order valence-electron chi connectivity index (χ3n) is 6.27. The third kappa shape index (κ3) is 4.59. The average molecular weight is 489 g/mol. The first-order chi connectivity index (χ1) is 17.1. The molecule has 0 atom stereocenters. The van der Waals surface area contributed by atoms with Crippen LogP contribution in [0.25, 0.3) is 21.7 Å². The molecular formula is C27H25ClN4O3. The Balaban J connectivity index is 1.46. The van der Waals surface area contributed by atoms with Crippen molar-refractivity contribution in [3.63, 3.8) is 0 Å². The summed E-state index contributed by atoms with van der Waals surface area (Å²) in [5.41, 5.74) is 1.62. The van der Waals surface area contributed by atoms with Gasteiger partial charge in [-0.05, 0) is 24.3 Å². The van der Waals surface area contributed by atoms with Crippen LogP contribution in [0.15, 0.2) is 67.5 Å². The van der Waals surface area contributed by atoms with Gasteiger partial charge in [-0.2, -0.15) is 0 Å². The maximum atomic E-state index is 11.9. The van der Waals surface area contributed by atoms with Crippen molar-refractivity contribution in [3.05, 3.63) is 72.5 Å². The standard InChI is InChI=1S/C27H25ClN4O3/c1-3-26(33)32-12-10-17(11-13-32)35-25-14-20-23(15-24(25)34-2)29-16-30-27(20)31-22-9-8-21(28)18-6-4-5-7-19(18)22/h3-9,14-17H,1,10-13H2,2H3,(H,29,30,31). The summed E-state index contributed by atoms with van der Waals surface area (Å²) < 4.78 is 12.0. The molecule has 1 fully saturated rings. The van der Waals surface area contributed by atoms with E-state index in [1.807, 2.05) is 48.5 Å². The number of anilines is 2. The van der Waals surface area contributed by atoms with E-state index >= 15 is 0 Å². The van der Waals surface area contributed by atoms with Crippen LogP contribution in [0.2, 0.25) is 5.02 Å². The number of hydrogen-bond donors (Lipinski definition) is 1. The van der Waals surface area contributed by atoms with Crippen molar-refractivity contribution >= 4 is 50.7 Å². The van der Waals surface area contributed by atoms with Gasteiger partial charge in [-0.1, -0.05) is 42.4 Å². The molecule has 0 aliphatic carbocycles. The molecule has 35 heavy (non-hydrogen) atoms. The lowest BCUT2D eigenvalue weighted by molar-refractivity contribution is -0.127. The highest BCUT2D eigenvalue weighted by molar-refractivity contribution is 6.36. The Morgan fingerprint density at radius 3 is 2.60 bits per heavy atom. The quantitative estimate of drug-likeness (QED) is 0.348. The Kier molecular flexibility index (Phi) is 6.42. The lowest BCUT2D eigenvalue weighted by Crippen LogP contribution is -2.41. The van der Waals surface area contributed by atoms with Gasteiger partial charge in [0.05, 0.1) is 12.6 Å². The van der Waals surface area contributed by atoms with Gasteiger partial charge < -0.3 is 19.7 Å². The molecule has 0 bridgehead atoms. The molecule has 1 aromatic heterocycles. The number of hydrogen-bond acceptors (Lipinski definition) is 6. The van der Waals surface area contributed by atoms with E-state index < -0.39 is 0 Å². The summed E-state index contributed by atoms with van der Waals surface area (Å²) >= 11 is 6.40. The van der Waals surface area contributed by atoms with E-state index in [2.05, 4.69) is 21.9 Å². The Bertz CT molecular complexity index is 1420. The molecule has 2 heterocycles. The predicted octanol–water partition coefficient (Wildman–Crippen LogP) is 5.74. The molecule has 0 saturated carbocycles. The van der Waals surface area contributed by atoms with Crippen LogP contribution >= 0.6 is 11.6 Å². The van der Waals surface area contributed by atoms with Gasteiger partial charge in [-0.15, -0.1) is 0 Å². The van der Waals surface area contributed by atoms with Crippen LogP contribution in [0.3, 0.4) is 0 Å². The van der Waals surface area contributed by atoms with Crippen molar-refractivity contribution in [2.75, 3.05) is 25.5 Å². The zero-order valence-electron chi connectivity index (χ0n) is 19.3. The summed E-state index contributed by atoms with van der Waals surface area (Å²) in [7, 11) is 1.61. The number of amides is 1. The number of piperidine rings is 1. The molecule has 0 radical (unpaired) electrons. The van der Waals surface area contributed by atoms with E-state index in [0.29, 0.717) is 35.4 Å². The number of methoxy groups -OCH3 is 1. The van der Waals surface area contributed by atoms with Crippen molar-refractivity contribution in [2.45, 2.75) is 18.9 Å². The Morgan fingerprint density at radius 1 is 1.09 bits per heavy atom. The molecule has 1 N–H and O–H groups in total. The Labute approximate surface area is 208 Å². The fourth-order valence-electron chi connectivity index (χ4n) is 4.42. The van der Waals surface area contributed by atoms with Crippen molar-refractivity contribution in [1.82, 2.24) is 14.9 Å². The minimum atomic E-state index is -0.0469. The second kappa shape index (κ2) is 9.80. The van der Waals surface area contributed by atoms with Crippen LogP contribution in [0.1, 0.15) is 12.8 Å². The monoisotopic (exact) mass is 488 g/mol. The lowest BCUT2D eigenvalue weighted by atomic mass is 10.1. The van der Waals surface area contributed by atoms with Crippen molar-refractivity contribution in [2.24, 2.45) is 0 Å². The van der Waals surface area contributed by atoms with Crippen molar-refractivity contribution in [1.29, 1.82) is 0 Å². The summed E-state index contributed by atoms with van der Waals surface area (Å²) in [6, 6.07) is 15.5. The van der Waals surface area contributed by atoms with Gasteiger partial charge >= 0.3 is 0 Å². The molecule has 1 saturated heterocycles. The summed E-state index contributed by atoms with van der Waals surface area (Å²) in [5, 5.41) is 6.91. The van der Waals surface area contributed by atoms with Crippen LogP contribution in [-0.2, 0) is 4.79 Å². The number of carbonyl (C=O) groups excluding carboxylic acids is 1. The lowest BCUT2D eigenvalue weighted by Gasteiger charge is -2.31. The fraction of sp³-hybridized carbons (Fsp3) is 0.222. The molecule has 0 spiro atoms. The molecule has 8 heteroatoms. The number of nitrogens with one attached hydrogen (secondary N) is 1. The molecule has 4 aromatic rings. The third-order valence-corrected chi connectivity index (χ3v) is 6.60. The zero-order valence-corrected chi connectivity index (χ0v) is 20.1. The normalized spacial score (nSPS) is 14.2. The molecule has 7 nitrogen and oxygen atoms in total. The van der Waals surface area contributed by atoms with E-state index in [0.717, 1.165) is 40.2 Å². The number of ether oxygens (including phenoxy) is 2. The summed E-state index contributed by atoms with van der Waals surface area (Å²) in [6.45, 7) is 4.83. The summed E-state index contributed by atoms with van der Waals surface area (Å²) in [4.78, 5) is 22.6. The molecule has 1 amide bonds. The summed E-state index contributed by atoms with van der Waals surface area (Å²) in [5.74, 6) is 1.83. The number of halogens is 1. The predicted molar refractivity (Wildman–Crippen MR) is 139 cm³/mol. The topological polar surface area (TPSA) is 76.6 Å². The molecule has 1 aliphatic rings. The zero-order chi connectivity index (χ0) is 24.4. The number of likely N-dealkylation sites (tertiary alicyclic amines) is 1. The van der Waals surface area contributed by atoms with E-state index in [1.54, 1.807) is 12.0 Å². The maximum Gasteiger partial charge on any atom is 0.245 e. The Morgan fingerprint density at radius 2 is 1.86 bits per heavy atom. The van der Waals surface area contributed by atoms with E-state index in [1.165, 1.54) is 12.4 Å². The molecule has 3 aromatic carbocycles. The molecule has 178 valence electrons. The largest absolute Gasteiger partial charge is 0.493 e. The smallest absolute Gasteiger partial charge is 0.245 e. The van der Waals surface area contributed by atoms with Crippen LogP contribution < -0.4 is 14.8 Å². The number of nitrogens with zero attached hydrogens (tertiary/aromatic N) is 3. The molecule has 0 unspecified atom stereocenters. The SMILES string of the molecule is C=CC(=O)N1CCC(Oc2cc3c(Nc4ccc(Cl)c5ccccc45)ncnc3cc2OC)CC1. The minimum absolute atomic E-state index is 0.0311. The van der Waals surface area contributed by atoms with E-state index in [-0.39, 0.29) is 12.0 Å². The molecule has 5 rings (SSSR count). The number of aromatic nitrogens is 2. The number of rotatable bonds is 6. The first kappa shape index (κ1) is 22.9. The van der Waals surface area contributed by atoms with Gasteiger partial charge in [-0.25, -0.2) is 9.97 Å². The first-order valence-electron chi connectivity index (χ1n) is 11.4. The van der Waals surface area contributed by atoms with Crippen molar-refractivity contribution < 1.29 is 14.3 Å². The highest BCUT2D eigenvalue weighted by Gasteiger charge is 2.24. The highest BCUT2D eigenvalue weighted by atomic mass is 35.5. The van der Waals surface area contributed by atoms with E-state index in [4.69, 9.17) is 21.1 Å². The fourth-order valence-corrected chi connectivity index (χ4v) is 4.64. The van der Waals surface area contributed by atoms with Crippen LogP contribution in [-0.4, -0.2) is 47.1 Å².